The van der Waals surface area contributed by atoms with E-state index in [-0.39, 0.29) is 11.4 Å². The molecule has 3 N–H and O–H groups in total. The summed E-state index contributed by atoms with van der Waals surface area (Å²) >= 11 is 0. The van der Waals surface area contributed by atoms with Crippen molar-refractivity contribution in [3.63, 3.8) is 0 Å². The zero-order chi connectivity index (χ0) is 18.9. The number of hydrogen-bond donors (Lipinski definition) is 3. The van der Waals surface area contributed by atoms with Gasteiger partial charge >= 0.3 is 6.18 Å². The lowest BCUT2D eigenvalue weighted by Gasteiger charge is -2.23. The van der Waals surface area contributed by atoms with Gasteiger partial charge in [0.15, 0.2) is 5.65 Å². The van der Waals surface area contributed by atoms with Crippen LogP contribution in [0.5, 0.6) is 0 Å². The first-order chi connectivity index (χ1) is 13.0. The highest BCUT2D eigenvalue weighted by Crippen LogP contribution is 2.38. The summed E-state index contributed by atoms with van der Waals surface area (Å²) in [5, 5.41) is 13.7. The lowest BCUT2D eigenvalue weighted by Crippen LogP contribution is -2.33. The number of alkyl halides is 3. The highest BCUT2D eigenvalue weighted by atomic mass is 19.4. The number of H-pyrrole nitrogens is 1. The molecule has 0 amide bonds. The molecule has 0 radical (unpaired) electrons. The number of halogens is 3. The van der Waals surface area contributed by atoms with E-state index in [0.717, 1.165) is 32.0 Å². The van der Waals surface area contributed by atoms with Crippen molar-refractivity contribution in [2.45, 2.75) is 19.0 Å². The summed E-state index contributed by atoms with van der Waals surface area (Å²) in [4.78, 5) is 8.33. The molecule has 142 valence electrons. The van der Waals surface area contributed by atoms with E-state index in [1.54, 1.807) is 18.3 Å². The first-order valence-corrected chi connectivity index (χ1v) is 8.84. The summed E-state index contributed by atoms with van der Waals surface area (Å²) in [5.74, 6) is 0.846. The predicted molar refractivity (Wildman–Crippen MR) is 96.2 cm³/mol. The highest BCUT2D eigenvalue weighted by Gasteiger charge is 2.35. The molecule has 1 atom stereocenters. The highest BCUT2D eigenvalue weighted by molar-refractivity contribution is 5.90. The Morgan fingerprint density at radius 1 is 1.22 bits per heavy atom. The molecular weight excluding hydrogens is 357 g/mol. The Kier molecular flexibility index (Phi) is 4.69. The van der Waals surface area contributed by atoms with E-state index >= 15 is 0 Å². The monoisotopic (exact) mass is 376 g/mol. The zero-order valence-corrected chi connectivity index (χ0v) is 14.5. The molecular formula is C18H19F3N6. The maximum atomic E-state index is 13.5. The van der Waals surface area contributed by atoms with Crippen molar-refractivity contribution in [1.82, 2.24) is 25.5 Å². The summed E-state index contributed by atoms with van der Waals surface area (Å²) in [6.45, 7) is 2.58. The van der Waals surface area contributed by atoms with E-state index in [1.807, 2.05) is 0 Å². The third-order valence-electron chi connectivity index (χ3n) is 4.74. The topological polar surface area (TPSA) is 78.5 Å². The number of rotatable bonds is 4. The van der Waals surface area contributed by atoms with Gasteiger partial charge < -0.3 is 10.6 Å². The van der Waals surface area contributed by atoms with Crippen LogP contribution in [0.1, 0.15) is 18.4 Å². The van der Waals surface area contributed by atoms with Gasteiger partial charge in [-0.1, -0.05) is 0 Å². The van der Waals surface area contributed by atoms with E-state index < -0.39 is 11.7 Å². The third-order valence-corrected chi connectivity index (χ3v) is 4.74. The van der Waals surface area contributed by atoms with Gasteiger partial charge in [-0.3, -0.25) is 5.10 Å². The van der Waals surface area contributed by atoms with E-state index in [4.69, 9.17) is 0 Å². The Hall–Kier alpha value is -2.68. The second kappa shape index (κ2) is 7.15. The van der Waals surface area contributed by atoms with Gasteiger partial charge in [0.05, 0.1) is 11.3 Å². The predicted octanol–water partition coefficient (Wildman–Crippen LogP) is 3.45. The first kappa shape index (κ1) is 17.7. The molecule has 0 aromatic carbocycles. The maximum Gasteiger partial charge on any atom is 0.418 e. The number of nitrogens with one attached hydrogen (secondary N) is 3. The van der Waals surface area contributed by atoms with Gasteiger partial charge in [-0.05, 0) is 56.1 Å². The van der Waals surface area contributed by atoms with Gasteiger partial charge in [0.1, 0.15) is 11.5 Å². The molecule has 0 aliphatic carbocycles. The number of anilines is 1. The molecule has 1 unspecified atom stereocenters. The minimum atomic E-state index is -4.52. The SMILES string of the molecule is FC(F)(F)c1ccc(NCC2CCCNC2)nc1-c1[nH]nc2ncccc12. The number of aromatic nitrogens is 4. The van der Waals surface area contributed by atoms with E-state index in [2.05, 4.69) is 30.8 Å². The average Bonchev–Trinajstić information content (AvgIpc) is 3.10. The second-order valence-electron chi connectivity index (χ2n) is 6.66. The first-order valence-electron chi connectivity index (χ1n) is 8.84. The molecule has 27 heavy (non-hydrogen) atoms. The van der Waals surface area contributed by atoms with E-state index in [9.17, 15) is 13.2 Å². The van der Waals surface area contributed by atoms with Crippen LogP contribution in [0.15, 0.2) is 30.5 Å². The van der Waals surface area contributed by atoms with Crippen molar-refractivity contribution in [2.75, 3.05) is 25.0 Å². The number of pyridine rings is 2. The molecule has 3 aromatic heterocycles. The maximum absolute atomic E-state index is 13.5. The molecule has 6 nitrogen and oxygen atoms in total. The van der Waals surface area contributed by atoms with Crippen molar-refractivity contribution in [3.05, 3.63) is 36.0 Å². The Balaban J connectivity index is 1.69. The Bertz CT molecular complexity index is 930. The molecule has 1 saturated heterocycles. The normalized spacial score (nSPS) is 18.0. The van der Waals surface area contributed by atoms with Crippen LogP contribution in [-0.2, 0) is 6.18 Å². The van der Waals surface area contributed by atoms with Crippen molar-refractivity contribution in [2.24, 2.45) is 5.92 Å². The minimum absolute atomic E-state index is 0.176. The van der Waals surface area contributed by atoms with Gasteiger partial charge in [0.2, 0.25) is 0 Å². The lowest BCUT2D eigenvalue weighted by molar-refractivity contribution is -0.137. The number of nitrogens with zero attached hydrogens (tertiary/aromatic N) is 3. The van der Waals surface area contributed by atoms with Crippen molar-refractivity contribution in [3.8, 4) is 11.4 Å². The molecule has 3 aromatic rings. The van der Waals surface area contributed by atoms with Gasteiger partial charge in [-0.2, -0.15) is 18.3 Å². The van der Waals surface area contributed by atoms with Crippen LogP contribution in [0.4, 0.5) is 19.0 Å². The van der Waals surface area contributed by atoms with Crippen molar-refractivity contribution in [1.29, 1.82) is 0 Å². The average molecular weight is 376 g/mol. The molecule has 0 spiro atoms. The van der Waals surface area contributed by atoms with E-state index in [0.29, 0.717) is 29.3 Å². The van der Waals surface area contributed by atoms with Crippen molar-refractivity contribution < 1.29 is 13.2 Å². The van der Waals surface area contributed by atoms with Gasteiger partial charge in [0.25, 0.3) is 0 Å². The minimum Gasteiger partial charge on any atom is -0.370 e. The van der Waals surface area contributed by atoms with Gasteiger partial charge in [-0.15, -0.1) is 0 Å². The largest absolute Gasteiger partial charge is 0.418 e. The molecule has 1 fully saturated rings. The molecule has 1 aliphatic rings. The zero-order valence-electron chi connectivity index (χ0n) is 14.5. The lowest BCUT2D eigenvalue weighted by atomic mass is 10.00. The Labute approximate surface area is 153 Å². The molecule has 9 heteroatoms. The van der Waals surface area contributed by atoms with Crippen LogP contribution < -0.4 is 10.6 Å². The van der Waals surface area contributed by atoms with Crippen LogP contribution in [0.3, 0.4) is 0 Å². The summed E-state index contributed by atoms with van der Waals surface area (Å²) in [6, 6.07) is 5.77. The summed E-state index contributed by atoms with van der Waals surface area (Å²) in [6.07, 6.45) is -0.787. The summed E-state index contributed by atoms with van der Waals surface area (Å²) in [5.41, 5.74) is -0.408. The fourth-order valence-electron chi connectivity index (χ4n) is 3.35. The van der Waals surface area contributed by atoms with Crippen LogP contribution in [0, 0.1) is 5.92 Å². The van der Waals surface area contributed by atoms with Gasteiger partial charge in [-0.25, -0.2) is 9.97 Å². The molecule has 0 bridgehead atoms. The smallest absolute Gasteiger partial charge is 0.370 e. The molecule has 4 heterocycles. The number of aromatic amines is 1. The fourth-order valence-corrected chi connectivity index (χ4v) is 3.35. The fraction of sp³-hybridized carbons (Fsp3) is 0.389. The Morgan fingerprint density at radius 3 is 2.89 bits per heavy atom. The van der Waals surface area contributed by atoms with Gasteiger partial charge in [0, 0.05) is 18.1 Å². The van der Waals surface area contributed by atoms with Crippen LogP contribution in [0.2, 0.25) is 0 Å². The number of fused-ring (bicyclic) bond motifs is 1. The van der Waals surface area contributed by atoms with Crippen LogP contribution >= 0.6 is 0 Å². The quantitative estimate of drug-likeness (QED) is 0.650. The van der Waals surface area contributed by atoms with Crippen LogP contribution in [0.25, 0.3) is 22.4 Å². The number of hydrogen-bond acceptors (Lipinski definition) is 5. The molecule has 0 saturated carbocycles. The molecule has 4 rings (SSSR count). The standard InChI is InChI=1S/C18H19F3N6/c19-18(20,21)13-5-6-14(24-10-11-3-1-7-22-9-11)25-16(13)15-12-4-2-8-23-17(12)27-26-15/h2,4-6,8,11,22H,1,3,7,9-10H2,(H,24,25)(H,23,26,27). The van der Waals surface area contributed by atoms with Crippen LogP contribution in [-0.4, -0.2) is 39.8 Å². The summed E-state index contributed by atoms with van der Waals surface area (Å²) in [7, 11) is 0. The molecule has 1 aliphatic heterocycles. The van der Waals surface area contributed by atoms with E-state index in [1.165, 1.54) is 6.07 Å². The Morgan fingerprint density at radius 2 is 2.11 bits per heavy atom. The second-order valence-corrected chi connectivity index (χ2v) is 6.66. The summed E-state index contributed by atoms with van der Waals surface area (Å²) < 4.78 is 40.6. The third kappa shape index (κ3) is 3.73. The number of piperidine rings is 1. The van der Waals surface area contributed by atoms with Crippen molar-refractivity contribution >= 4 is 16.9 Å².